The third-order valence-electron chi connectivity index (χ3n) is 2.69. The van der Waals surface area contributed by atoms with Crippen LogP contribution >= 0.6 is 0 Å². The molecule has 4 nitrogen and oxygen atoms in total. The maximum atomic E-state index is 12.1. The summed E-state index contributed by atoms with van der Waals surface area (Å²) in [7, 11) is -3.43. The zero-order chi connectivity index (χ0) is 15.2. The van der Waals surface area contributed by atoms with E-state index in [9.17, 15) is 8.42 Å². The fraction of sp³-hybridized carbons (Fsp3) is 0.600. The van der Waals surface area contributed by atoms with Crippen LogP contribution in [0.25, 0.3) is 0 Å². The van der Waals surface area contributed by atoms with Crippen LogP contribution < -0.4 is 10.0 Å². The van der Waals surface area contributed by atoms with Crippen LogP contribution in [0.15, 0.2) is 29.2 Å². The lowest BCUT2D eigenvalue weighted by molar-refractivity contribution is 0.491. The van der Waals surface area contributed by atoms with E-state index in [1.807, 2.05) is 32.9 Å². The summed E-state index contributed by atoms with van der Waals surface area (Å²) in [4.78, 5) is 0.317. The van der Waals surface area contributed by atoms with Crippen LogP contribution in [0.2, 0.25) is 0 Å². The van der Waals surface area contributed by atoms with Gasteiger partial charge >= 0.3 is 0 Å². The molecule has 114 valence electrons. The number of sulfonamides is 1. The molecular formula is C15H26N2O2S. The van der Waals surface area contributed by atoms with Gasteiger partial charge in [0.1, 0.15) is 0 Å². The van der Waals surface area contributed by atoms with Crippen molar-refractivity contribution in [2.75, 3.05) is 13.1 Å². The molecule has 0 aromatic heterocycles. The van der Waals surface area contributed by atoms with Crippen molar-refractivity contribution in [3.63, 3.8) is 0 Å². The van der Waals surface area contributed by atoms with Crippen molar-refractivity contribution in [3.8, 4) is 0 Å². The standard InChI is InChI=1S/C15H26N2O2S/c1-5-11-16-12-10-13-6-8-14(9-7-13)20(18,19)17-15(2,3)4/h6-9,16-17H,5,10-12H2,1-4H3. The number of hydrogen-bond donors (Lipinski definition) is 2. The topological polar surface area (TPSA) is 58.2 Å². The number of benzene rings is 1. The van der Waals surface area contributed by atoms with Gasteiger partial charge in [-0.2, -0.15) is 0 Å². The Labute approximate surface area is 123 Å². The highest BCUT2D eigenvalue weighted by atomic mass is 32.2. The lowest BCUT2D eigenvalue weighted by Crippen LogP contribution is -2.40. The Hall–Kier alpha value is -0.910. The Morgan fingerprint density at radius 2 is 1.65 bits per heavy atom. The number of nitrogens with one attached hydrogen (secondary N) is 2. The average molecular weight is 298 g/mol. The molecule has 0 aliphatic rings. The normalized spacial score (nSPS) is 12.6. The maximum absolute atomic E-state index is 12.1. The smallest absolute Gasteiger partial charge is 0.241 e. The van der Waals surface area contributed by atoms with E-state index in [0.29, 0.717) is 4.90 Å². The molecule has 1 rings (SSSR count). The zero-order valence-corrected chi connectivity index (χ0v) is 13.7. The lowest BCUT2D eigenvalue weighted by Gasteiger charge is -2.20. The first kappa shape index (κ1) is 17.1. The van der Waals surface area contributed by atoms with Crippen molar-refractivity contribution in [2.24, 2.45) is 0 Å². The molecule has 5 heteroatoms. The van der Waals surface area contributed by atoms with Crippen LogP contribution in [0.4, 0.5) is 0 Å². The second kappa shape index (κ2) is 7.20. The van der Waals surface area contributed by atoms with E-state index in [1.165, 1.54) is 0 Å². The number of hydrogen-bond acceptors (Lipinski definition) is 3. The predicted octanol–water partition coefficient (Wildman–Crippen LogP) is 2.31. The summed E-state index contributed by atoms with van der Waals surface area (Å²) < 4.78 is 26.9. The summed E-state index contributed by atoms with van der Waals surface area (Å²) >= 11 is 0. The van der Waals surface area contributed by atoms with Gasteiger partial charge in [-0.1, -0.05) is 19.1 Å². The van der Waals surface area contributed by atoms with E-state index in [0.717, 1.165) is 31.5 Å². The van der Waals surface area contributed by atoms with Crippen LogP contribution in [0.3, 0.4) is 0 Å². The number of rotatable bonds is 7. The summed E-state index contributed by atoms with van der Waals surface area (Å²) in [6.45, 7) is 9.56. The quantitative estimate of drug-likeness (QED) is 0.760. The molecule has 0 spiro atoms. The van der Waals surface area contributed by atoms with Crippen molar-refractivity contribution in [1.82, 2.24) is 10.0 Å². The Bertz CT molecular complexity index is 502. The summed E-state index contributed by atoms with van der Waals surface area (Å²) in [5, 5.41) is 3.33. The van der Waals surface area contributed by atoms with Gasteiger partial charge < -0.3 is 5.32 Å². The minimum absolute atomic E-state index is 0.317. The van der Waals surface area contributed by atoms with E-state index in [2.05, 4.69) is 17.0 Å². The third-order valence-corrected chi connectivity index (χ3v) is 4.47. The fourth-order valence-electron chi connectivity index (χ4n) is 1.83. The first-order valence-corrected chi connectivity index (χ1v) is 8.56. The Morgan fingerprint density at radius 3 is 2.15 bits per heavy atom. The van der Waals surface area contributed by atoms with Crippen molar-refractivity contribution < 1.29 is 8.42 Å². The first-order valence-electron chi connectivity index (χ1n) is 7.08. The average Bonchev–Trinajstić information content (AvgIpc) is 2.32. The molecule has 0 fully saturated rings. The van der Waals surface area contributed by atoms with E-state index < -0.39 is 15.6 Å². The van der Waals surface area contributed by atoms with Gasteiger partial charge in [-0.3, -0.25) is 0 Å². The first-order chi connectivity index (χ1) is 9.24. The van der Waals surface area contributed by atoms with Crippen LogP contribution in [0, 0.1) is 0 Å². The molecule has 0 amide bonds. The Morgan fingerprint density at radius 1 is 1.05 bits per heavy atom. The highest BCUT2D eigenvalue weighted by molar-refractivity contribution is 7.89. The molecule has 0 radical (unpaired) electrons. The van der Waals surface area contributed by atoms with E-state index in [4.69, 9.17) is 0 Å². The molecule has 2 N–H and O–H groups in total. The Balaban J connectivity index is 2.66. The van der Waals surface area contributed by atoms with Gasteiger partial charge in [-0.05, 0) is 64.4 Å². The van der Waals surface area contributed by atoms with Crippen molar-refractivity contribution in [1.29, 1.82) is 0 Å². The van der Waals surface area contributed by atoms with Gasteiger partial charge in [0, 0.05) is 5.54 Å². The molecule has 0 heterocycles. The summed E-state index contributed by atoms with van der Waals surface area (Å²) in [6.07, 6.45) is 2.03. The molecule has 0 aliphatic carbocycles. The van der Waals surface area contributed by atoms with Gasteiger partial charge in [0.15, 0.2) is 0 Å². The van der Waals surface area contributed by atoms with Gasteiger partial charge in [0.25, 0.3) is 0 Å². The van der Waals surface area contributed by atoms with Crippen molar-refractivity contribution in [2.45, 2.75) is 51.0 Å². The second-order valence-electron chi connectivity index (χ2n) is 6.00. The van der Waals surface area contributed by atoms with Crippen LogP contribution in [0.5, 0.6) is 0 Å². The van der Waals surface area contributed by atoms with Crippen LogP contribution in [-0.4, -0.2) is 27.0 Å². The molecule has 0 aliphatic heterocycles. The van der Waals surface area contributed by atoms with Crippen LogP contribution in [-0.2, 0) is 16.4 Å². The van der Waals surface area contributed by atoms with E-state index >= 15 is 0 Å². The summed E-state index contributed by atoms with van der Waals surface area (Å²) in [5.41, 5.74) is 0.671. The van der Waals surface area contributed by atoms with E-state index in [-0.39, 0.29) is 0 Å². The summed E-state index contributed by atoms with van der Waals surface area (Å²) in [6, 6.07) is 7.10. The molecule has 0 unspecified atom stereocenters. The molecule has 20 heavy (non-hydrogen) atoms. The molecule has 0 bridgehead atoms. The van der Waals surface area contributed by atoms with Gasteiger partial charge in [0.2, 0.25) is 10.0 Å². The Kier molecular flexibility index (Phi) is 6.17. The maximum Gasteiger partial charge on any atom is 0.241 e. The van der Waals surface area contributed by atoms with Gasteiger partial charge in [-0.25, -0.2) is 13.1 Å². The van der Waals surface area contributed by atoms with Gasteiger partial charge in [-0.15, -0.1) is 0 Å². The molecule has 1 aromatic rings. The van der Waals surface area contributed by atoms with Gasteiger partial charge in [0.05, 0.1) is 4.90 Å². The molecular weight excluding hydrogens is 272 g/mol. The van der Waals surface area contributed by atoms with E-state index in [1.54, 1.807) is 12.1 Å². The second-order valence-corrected chi connectivity index (χ2v) is 7.68. The van der Waals surface area contributed by atoms with Crippen molar-refractivity contribution in [3.05, 3.63) is 29.8 Å². The highest BCUT2D eigenvalue weighted by Gasteiger charge is 2.21. The monoisotopic (exact) mass is 298 g/mol. The lowest BCUT2D eigenvalue weighted by atomic mass is 10.1. The largest absolute Gasteiger partial charge is 0.316 e. The van der Waals surface area contributed by atoms with Crippen LogP contribution in [0.1, 0.15) is 39.7 Å². The van der Waals surface area contributed by atoms with Crippen molar-refractivity contribution >= 4 is 10.0 Å². The minimum Gasteiger partial charge on any atom is -0.316 e. The molecule has 0 saturated carbocycles. The zero-order valence-electron chi connectivity index (χ0n) is 12.9. The predicted molar refractivity (Wildman–Crippen MR) is 83.4 cm³/mol. The molecule has 1 aromatic carbocycles. The minimum atomic E-state index is -3.43. The highest BCUT2D eigenvalue weighted by Crippen LogP contribution is 2.14. The third kappa shape index (κ3) is 6.03. The molecule has 0 saturated heterocycles. The summed E-state index contributed by atoms with van der Waals surface area (Å²) in [5.74, 6) is 0. The SMILES string of the molecule is CCCNCCc1ccc(S(=O)(=O)NC(C)(C)C)cc1. The molecule has 0 atom stereocenters. The fourth-order valence-corrected chi connectivity index (χ4v) is 3.25.